The van der Waals surface area contributed by atoms with E-state index in [4.69, 9.17) is 9.47 Å². The first-order valence-corrected chi connectivity index (χ1v) is 7.24. The van der Waals surface area contributed by atoms with E-state index in [2.05, 4.69) is 9.59 Å². The number of ether oxygens (including phenoxy) is 2. The van der Waals surface area contributed by atoms with Crippen molar-refractivity contribution in [3.05, 3.63) is 34.3 Å². The molecule has 6 heteroatoms. The first-order valence-electron chi connectivity index (χ1n) is 6.47. The highest BCUT2D eigenvalue weighted by Gasteiger charge is 2.27. The van der Waals surface area contributed by atoms with E-state index in [9.17, 15) is 4.79 Å². The summed E-state index contributed by atoms with van der Waals surface area (Å²) in [5.41, 5.74) is 0.975. The van der Waals surface area contributed by atoms with Crippen LogP contribution in [-0.4, -0.2) is 29.6 Å². The van der Waals surface area contributed by atoms with Gasteiger partial charge in [-0.1, -0.05) is 25.3 Å². The van der Waals surface area contributed by atoms with Crippen LogP contribution in [0, 0.1) is 0 Å². The van der Waals surface area contributed by atoms with Crippen LogP contribution in [-0.2, 0) is 5.41 Å². The van der Waals surface area contributed by atoms with E-state index in [1.807, 2.05) is 20.8 Å². The van der Waals surface area contributed by atoms with Gasteiger partial charge < -0.3 is 9.47 Å². The fourth-order valence-electron chi connectivity index (χ4n) is 1.90. The van der Waals surface area contributed by atoms with Crippen molar-refractivity contribution < 1.29 is 14.3 Å². The molecule has 2 aromatic rings. The molecule has 0 atom stereocenters. The molecule has 0 unspecified atom stereocenters. The molecular weight excluding hydrogens is 288 g/mol. The summed E-state index contributed by atoms with van der Waals surface area (Å²) in [7, 11) is 3.11. The zero-order valence-electron chi connectivity index (χ0n) is 12.8. The Morgan fingerprint density at radius 3 is 2.14 bits per heavy atom. The summed E-state index contributed by atoms with van der Waals surface area (Å²) in [5.74, 6) is 1.03. The summed E-state index contributed by atoms with van der Waals surface area (Å²) in [5, 5.41) is 4.10. The lowest BCUT2D eigenvalue weighted by Crippen LogP contribution is -2.16. The third-order valence-electron chi connectivity index (χ3n) is 3.02. The number of rotatable bonds is 4. The maximum absolute atomic E-state index is 12.7. The lowest BCUT2D eigenvalue weighted by Gasteiger charge is -2.16. The summed E-state index contributed by atoms with van der Waals surface area (Å²) < 4.78 is 14.3. The second-order valence-electron chi connectivity index (χ2n) is 5.63. The Morgan fingerprint density at radius 1 is 1.10 bits per heavy atom. The molecule has 1 aromatic heterocycles. The summed E-state index contributed by atoms with van der Waals surface area (Å²) in [4.78, 5) is 13.3. The lowest BCUT2D eigenvalue weighted by atomic mass is 9.90. The van der Waals surface area contributed by atoms with Gasteiger partial charge in [0.25, 0.3) is 0 Å². The van der Waals surface area contributed by atoms with Crippen LogP contribution in [0.4, 0.5) is 0 Å². The molecule has 0 aliphatic rings. The number of benzene rings is 1. The largest absolute Gasteiger partial charge is 0.497 e. The molecule has 0 N–H and O–H groups in total. The van der Waals surface area contributed by atoms with Gasteiger partial charge in [-0.25, -0.2) is 0 Å². The van der Waals surface area contributed by atoms with E-state index >= 15 is 0 Å². The smallest absolute Gasteiger partial charge is 0.206 e. The van der Waals surface area contributed by atoms with Crippen molar-refractivity contribution in [3.63, 3.8) is 0 Å². The molecule has 0 radical (unpaired) electrons. The minimum atomic E-state index is -0.235. The van der Waals surface area contributed by atoms with E-state index in [0.717, 1.165) is 11.5 Å². The van der Waals surface area contributed by atoms with Gasteiger partial charge in [-0.15, -0.1) is 5.10 Å². The van der Waals surface area contributed by atoms with Crippen molar-refractivity contribution in [1.29, 1.82) is 0 Å². The first kappa shape index (κ1) is 15.4. The predicted molar refractivity (Wildman–Crippen MR) is 81.6 cm³/mol. The van der Waals surface area contributed by atoms with Crippen molar-refractivity contribution >= 4 is 17.3 Å². The Balaban J connectivity index is 2.48. The summed E-state index contributed by atoms with van der Waals surface area (Å²) >= 11 is 1.11. The highest BCUT2D eigenvalue weighted by atomic mass is 32.1. The Bertz CT molecular complexity index is 637. The highest BCUT2D eigenvalue weighted by Crippen LogP contribution is 2.30. The van der Waals surface area contributed by atoms with Crippen LogP contribution in [0.5, 0.6) is 11.5 Å². The highest BCUT2D eigenvalue weighted by molar-refractivity contribution is 7.08. The van der Waals surface area contributed by atoms with Crippen LogP contribution >= 0.6 is 11.5 Å². The van der Waals surface area contributed by atoms with Crippen molar-refractivity contribution in [2.45, 2.75) is 26.2 Å². The van der Waals surface area contributed by atoms with Gasteiger partial charge in [-0.2, -0.15) is 0 Å². The van der Waals surface area contributed by atoms with E-state index in [0.29, 0.717) is 27.6 Å². The summed E-state index contributed by atoms with van der Waals surface area (Å²) in [6, 6.07) is 5.11. The first-order chi connectivity index (χ1) is 9.86. The zero-order chi connectivity index (χ0) is 15.6. The molecule has 1 aromatic carbocycles. The van der Waals surface area contributed by atoms with Gasteiger partial charge >= 0.3 is 0 Å². The van der Waals surface area contributed by atoms with E-state index < -0.39 is 0 Å². The molecule has 2 rings (SSSR count). The standard InChI is InChI=1S/C15H18N2O3S/c1-15(2,3)14-13(21-17-16-14)12(18)9-6-10(19-4)8-11(7-9)20-5/h6-8H,1-5H3. The number of carbonyl (C=O) groups excluding carboxylic acids is 1. The molecule has 21 heavy (non-hydrogen) atoms. The van der Waals surface area contributed by atoms with Crippen LogP contribution in [0.2, 0.25) is 0 Å². The van der Waals surface area contributed by atoms with E-state index in [1.54, 1.807) is 32.4 Å². The topological polar surface area (TPSA) is 61.3 Å². The molecule has 112 valence electrons. The number of nitrogens with zero attached hydrogens (tertiary/aromatic N) is 2. The normalized spacial score (nSPS) is 11.3. The van der Waals surface area contributed by atoms with Crippen LogP contribution in [0.1, 0.15) is 41.7 Å². The number of methoxy groups -OCH3 is 2. The van der Waals surface area contributed by atoms with Gasteiger partial charge in [-0.05, 0) is 23.7 Å². The Hall–Kier alpha value is -1.95. The molecule has 0 saturated carbocycles. The molecule has 5 nitrogen and oxygen atoms in total. The van der Waals surface area contributed by atoms with Crippen LogP contribution in [0.15, 0.2) is 18.2 Å². The fraction of sp³-hybridized carbons (Fsp3) is 0.400. The summed E-state index contributed by atoms with van der Waals surface area (Å²) in [6.07, 6.45) is 0. The third-order valence-corrected chi connectivity index (χ3v) is 3.74. The van der Waals surface area contributed by atoms with Crippen molar-refractivity contribution in [1.82, 2.24) is 9.59 Å². The van der Waals surface area contributed by atoms with Crippen LogP contribution < -0.4 is 9.47 Å². The fourth-order valence-corrected chi connectivity index (χ4v) is 2.74. The van der Waals surface area contributed by atoms with Crippen LogP contribution in [0.25, 0.3) is 0 Å². The quantitative estimate of drug-likeness (QED) is 0.812. The second kappa shape index (κ2) is 5.81. The van der Waals surface area contributed by atoms with Gasteiger partial charge in [0.05, 0.1) is 19.9 Å². The maximum atomic E-state index is 12.7. The van der Waals surface area contributed by atoms with Crippen LogP contribution in [0.3, 0.4) is 0 Å². The number of aromatic nitrogens is 2. The predicted octanol–water partition coefficient (Wildman–Crippen LogP) is 3.08. The van der Waals surface area contributed by atoms with Gasteiger partial charge in [0, 0.05) is 17.0 Å². The summed E-state index contributed by atoms with van der Waals surface area (Å²) in [6.45, 7) is 6.02. The monoisotopic (exact) mass is 306 g/mol. The molecular formula is C15H18N2O3S. The molecule has 0 aliphatic heterocycles. The van der Waals surface area contributed by atoms with E-state index in [1.165, 1.54) is 0 Å². The van der Waals surface area contributed by atoms with Gasteiger partial charge in [0.15, 0.2) is 0 Å². The van der Waals surface area contributed by atoms with Gasteiger partial charge in [-0.3, -0.25) is 4.79 Å². The Labute approximate surface area is 128 Å². The molecule has 0 amide bonds. The minimum absolute atomic E-state index is 0.118. The Morgan fingerprint density at radius 2 is 1.67 bits per heavy atom. The lowest BCUT2D eigenvalue weighted by molar-refractivity contribution is 0.103. The second-order valence-corrected chi connectivity index (χ2v) is 6.39. The average Bonchev–Trinajstić information content (AvgIpc) is 2.95. The number of carbonyl (C=O) groups is 1. The Kier molecular flexibility index (Phi) is 4.27. The number of hydrogen-bond donors (Lipinski definition) is 0. The molecule has 0 spiro atoms. The van der Waals surface area contributed by atoms with Crippen molar-refractivity contribution in [3.8, 4) is 11.5 Å². The number of hydrogen-bond acceptors (Lipinski definition) is 6. The molecule has 1 heterocycles. The van der Waals surface area contributed by atoms with Gasteiger partial charge in [0.2, 0.25) is 5.78 Å². The third kappa shape index (κ3) is 3.21. The zero-order valence-corrected chi connectivity index (χ0v) is 13.6. The van der Waals surface area contributed by atoms with Crippen molar-refractivity contribution in [2.24, 2.45) is 0 Å². The SMILES string of the molecule is COc1cc(OC)cc(C(=O)c2snnc2C(C)(C)C)c1. The average molecular weight is 306 g/mol. The molecule has 0 fully saturated rings. The van der Waals surface area contributed by atoms with Gasteiger partial charge in [0.1, 0.15) is 16.4 Å². The maximum Gasteiger partial charge on any atom is 0.206 e. The van der Waals surface area contributed by atoms with Crippen molar-refractivity contribution in [2.75, 3.05) is 14.2 Å². The molecule has 0 saturated heterocycles. The minimum Gasteiger partial charge on any atom is -0.497 e. The van der Waals surface area contributed by atoms with E-state index in [-0.39, 0.29) is 11.2 Å². The molecule has 0 aliphatic carbocycles. The number of ketones is 1. The molecule has 0 bridgehead atoms.